The number of hydrogen-bond donors (Lipinski definition) is 1. The number of amides is 3. The van der Waals surface area contributed by atoms with Crippen LogP contribution in [0.15, 0.2) is 79.4 Å². The summed E-state index contributed by atoms with van der Waals surface area (Å²) in [6, 6.07) is 19.3. The van der Waals surface area contributed by atoms with E-state index in [1.54, 1.807) is 70.4 Å². The first-order chi connectivity index (χ1) is 21.7. The Morgan fingerprint density at radius 2 is 1.73 bits per heavy atom. The highest BCUT2D eigenvalue weighted by atomic mass is 127. The number of methoxy groups -OCH3 is 2. The third kappa shape index (κ3) is 7.09. The van der Waals surface area contributed by atoms with E-state index < -0.39 is 12.2 Å². The Hall–Kier alpha value is -4.10. The standard InChI is InChI=1S/C34H37IN4O6/c1-4-18-37-22-32(42)38-28(19-24-10-15-27(40)16-11-24)34(43)36(20-25-6-5-7-29(44-2)33(25)45-3)21-30(38)39(37)31(41)17-12-23-8-13-26(35)14-9-23/h4-11,13-16,28,30,40H,1,12,17-22H2,2-3H3/t28-,30-/m0/s1. The molecule has 0 bridgehead atoms. The highest BCUT2D eigenvalue weighted by molar-refractivity contribution is 14.1. The summed E-state index contributed by atoms with van der Waals surface area (Å²) in [4.78, 5) is 45.4. The summed E-state index contributed by atoms with van der Waals surface area (Å²) in [5.74, 6) is 0.551. The lowest BCUT2D eigenvalue weighted by Crippen LogP contribution is -2.75. The third-order valence-corrected chi connectivity index (χ3v) is 8.90. The molecule has 3 amide bonds. The molecule has 45 heavy (non-hydrogen) atoms. The number of phenols is 1. The van der Waals surface area contributed by atoms with Gasteiger partial charge in [-0.15, -0.1) is 6.58 Å². The maximum Gasteiger partial charge on any atom is 0.246 e. The van der Waals surface area contributed by atoms with Crippen molar-refractivity contribution in [3.63, 3.8) is 0 Å². The molecule has 2 aliphatic heterocycles. The van der Waals surface area contributed by atoms with Gasteiger partial charge in [-0.05, 0) is 70.5 Å². The number of phenolic OH excluding ortho intramolecular Hbond substituents is 1. The SMILES string of the molecule is C=CCN1CC(=O)N2[C@@H](Cc3ccc(O)cc3)C(=O)N(Cc3cccc(OC)c3OC)C[C@@H]2N1C(=O)CCc1ccc(I)cc1. The molecule has 0 aliphatic carbocycles. The highest BCUT2D eigenvalue weighted by Crippen LogP contribution is 2.34. The van der Waals surface area contributed by atoms with Gasteiger partial charge >= 0.3 is 0 Å². The minimum Gasteiger partial charge on any atom is -0.508 e. The zero-order valence-electron chi connectivity index (χ0n) is 25.4. The van der Waals surface area contributed by atoms with E-state index in [4.69, 9.17) is 9.47 Å². The number of piperazine rings is 1. The molecule has 3 aromatic carbocycles. The predicted octanol–water partition coefficient (Wildman–Crippen LogP) is 4.00. The van der Waals surface area contributed by atoms with E-state index in [0.29, 0.717) is 24.5 Å². The van der Waals surface area contributed by atoms with Crippen LogP contribution in [0.5, 0.6) is 17.2 Å². The molecule has 0 radical (unpaired) electrons. The first kappa shape index (κ1) is 32.3. The fourth-order valence-corrected chi connectivity index (χ4v) is 6.42. The number of aromatic hydroxyl groups is 1. The minimum atomic E-state index is -0.866. The first-order valence-electron chi connectivity index (χ1n) is 14.7. The van der Waals surface area contributed by atoms with Crippen LogP contribution in [-0.2, 0) is 33.8 Å². The van der Waals surface area contributed by atoms with E-state index in [2.05, 4.69) is 29.2 Å². The van der Waals surface area contributed by atoms with Crippen LogP contribution < -0.4 is 9.47 Å². The van der Waals surface area contributed by atoms with Crippen molar-refractivity contribution >= 4 is 40.3 Å². The third-order valence-electron chi connectivity index (χ3n) is 8.18. The van der Waals surface area contributed by atoms with Crippen LogP contribution in [0.1, 0.15) is 23.1 Å². The number of halogens is 1. The van der Waals surface area contributed by atoms with E-state index in [1.165, 1.54) is 0 Å². The number of nitrogens with zero attached hydrogens (tertiary/aromatic N) is 4. The van der Waals surface area contributed by atoms with Crippen LogP contribution in [0.3, 0.4) is 0 Å². The zero-order valence-corrected chi connectivity index (χ0v) is 27.6. The van der Waals surface area contributed by atoms with Crippen molar-refractivity contribution in [3.05, 3.63) is 99.6 Å². The number of fused-ring (bicyclic) bond motifs is 1. The molecular weight excluding hydrogens is 687 g/mol. The maximum absolute atomic E-state index is 14.3. The molecule has 2 aliphatic rings. The molecule has 0 aromatic heterocycles. The molecule has 0 unspecified atom stereocenters. The van der Waals surface area contributed by atoms with E-state index in [-0.39, 0.29) is 55.9 Å². The molecule has 1 N–H and O–H groups in total. The molecule has 2 heterocycles. The molecule has 236 valence electrons. The summed E-state index contributed by atoms with van der Waals surface area (Å²) in [6.07, 6.45) is 1.93. The van der Waals surface area contributed by atoms with Crippen LogP contribution in [0.25, 0.3) is 0 Å². The Balaban J connectivity index is 1.51. The summed E-state index contributed by atoms with van der Waals surface area (Å²) < 4.78 is 12.3. The number of para-hydroxylation sites is 1. The molecule has 0 spiro atoms. The van der Waals surface area contributed by atoms with Crippen molar-refractivity contribution in [2.24, 2.45) is 0 Å². The van der Waals surface area contributed by atoms with Crippen molar-refractivity contribution in [3.8, 4) is 17.2 Å². The second-order valence-corrected chi connectivity index (χ2v) is 12.3. The number of benzene rings is 3. The predicted molar refractivity (Wildman–Crippen MR) is 177 cm³/mol. The highest BCUT2D eigenvalue weighted by Gasteiger charge is 2.51. The Morgan fingerprint density at radius 1 is 1.02 bits per heavy atom. The van der Waals surface area contributed by atoms with Gasteiger partial charge in [0, 0.05) is 35.1 Å². The van der Waals surface area contributed by atoms with Crippen LogP contribution in [0.4, 0.5) is 0 Å². The number of rotatable bonds is 11. The summed E-state index contributed by atoms with van der Waals surface area (Å²) in [5.41, 5.74) is 2.56. The second-order valence-electron chi connectivity index (χ2n) is 11.0. The average molecular weight is 725 g/mol. The van der Waals surface area contributed by atoms with Crippen molar-refractivity contribution in [2.75, 3.05) is 33.9 Å². The van der Waals surface area contributed by atoms with Crippen LogP contribution in [0, 0.1) is 3.57 Å². The van der Waals surface area contributed by atoms with Crippen molar-refractivity contribution in [1.29, 1.82) is 0 Å². The summed E-state index contributed by atoms with van der Waals surface area (Å²) in [7, 11) is 3.11. The van der Waals surface area contributed by atoms with Gasteiger partial charge in [-0.3, -0.25) is 14.4 Å². The Bertz CT molecular complexity index is 1550. The number of carbonyl (C=O) groups is 3. The average Bonchev–Trinajstić information content (AvgIpc) is 3.03. The van der Waals surface area contributed by atoms with Gasteiger partial charge in [-0.25, -0.2) is 10.0 Å². The van der Waals surface area contributed by atoms with Crippen LogP contribution >= 0.6 is 22.6 Å². The molecule has 10 nitrogen and oxygen atoms in total. The topological polar surface area (TPSA) is 103 Å². The summed E-state index contributed by atoms with van der Waals surface area (Å²) >= 11 is 2.25. The molecular formula is C34H37IN4O6. The van der Waals surface area contributed by atoms with Gasteiger partial charge in [0.15, 0.2) is 11.5 Å². The molecule has 2 fully saturated rings. The normalized spacial score (nSPS) is 18.5. The number of hydrazine groups is 1. The van der Waals surface area contributed by atoms with Crippen LogP contribution in [0.2, 0.25) is 0 Å². The molecule has 2 saturated heterocycles. The van der Waals surface area contributed by atoms with E-state index in [1.807, 2.05) is 36.4 Å². The number of ether oxygens (including phenoxy) is 2. The van der Waals surface area contributed by atoms with Gasteiger partial charge in [-0.2, -0.15) is 0 Å². The zero-order chi connectivity index (χ0) is 32.1. The van der Waals surface area contributed by atoms with E-state index in [9.17, 15) is 19.5 Å². The Labute approximate surface area is 276 Å². The van der Waals surface area contributed by atoms with Gasteiger partial charge in [-0.1, -0.05) is 42.5 Å². The number of aryl methyl sites for hydroxylation is 1. The van der Waals surface area contributed by atoms with Crippen molar-refractivity contribution in [1.82, 2.24) is 19.8 Å². The molecule has 2 atom stereocenters. The van der Waals surface area contributed by atoms with Gasteiger partial charge in [0.25, 0.3) is 0 Å². The van der Waals surface area contributed by atoms with E-state index in [0.717, 1.165) is 20.3 Å². The monoisotopic (exact) mass is 724 g/mol. The van der Waals surface area contributed by atoms with E-state index >= 15 is 0 Å². The summed E-state index contributed by atoms with van der Waals surface area (Å²) in [6.45, 7) is 4.40. The second kappa shape index (κ2) is 14.3. The quantitative estimate of drug-likeness (QED) is 0.236. The lowest BCUT2D eigenvalue weighted by molar-refractivity contribution is -0.205. The van der Waals surface area contributed by atoms with Gasteiger partial charge in [0.05, 0.1) is 27.3 Å². The number of carbonyl (C=O) groups excluding carboxylic acids is 3. The Kier molecular flexibility index (Phi) is 10.3. The molecule has 3 aromatic rings. The lowest BCUT2D eigenvalue weighted by Gasteiger charge is -2.55. The van der Waals surface area contributed by atoms with Gasteiger partial charge < -0.3 is 24.4 Å². The van der Waals surface area contributed by atoms with Gasteiger partial charge in [0.2, 0.25) is 17.7 Å². The summed E-state index contributed by atoms with van der Waals surface area (Å²) in [5, 5.41) is 13.2. The lowest BCUT2D eigenvalue weighted by atomic mass is 9.98. The fraction of sp³-hybridized carbons (Fsp3) is 0.324. The largest absolute Gasteiger partial charge is 0.508 e. The van der Waals surface area contributed by atoms with Crippen molar-refractivity contribution in [2.45, 2.75) is 38.0 Å². The van der Waals surface area contributed by atoms with Crippen molar-refractivity contribution < 1.29 is 29.0 Å². The molecule has 11 heteroatoms. The van der Waals surface area contributed by atoms with Crippen LogP contribution in [-0.4, -0.2) is 88.7 Å². The fourth-order valence-electron chi connectivity index (χ4n) is 6.06. The molecule has 0 saturated carbocycles. The Morgan fingerprint density at radius 3 is 2.40 bits per heavy atom. The first-order valence-corrected chi connectivity index (χ1v) is 15.8. The molecule has 5 rings (SSSR count). The minimum absolute atomic E-state index is 0.0547. The number of hydrogen-bond acceptors (Lipinski definition) is 7. The smallest absolute Gasteiger partial charge is 0.246 e. The maximum atomic E-state index is 14.3. The van der Waals surface area contributed by atoms with Gasteiger partial charge in [0.1, 0.15) is 18.0 Å².